The molecule has 14 heavy (non-hydrogen) atoms. The Kier molecular flexibility index (Phi) is 34.4. The molecule has 77 valence electrons. The summed E-state index contributed by atoms with van der Waals surface area (Å²) >= 11 is 0. The molecule has 2 rings (SSSR count). The van der Waals surface area contributed by atoms with Crippen LogP contribution in [0.25, 0.3) is 0 Å². The van der Waals surface area contributed by atoms with Gasteiger partial charge in [0, 0.05) is 0 Å². The summed E-state index contributed by atoms with van der Waals surface area (Å²) < 4.78 is 0. The zero-order valence-electron chi connectivity index (χ0n) is 7.67. The van der Waals surface area contributed by atoms with Crippen molar-refractivity contribution in [2.75, 3.05) is 0 Å². The van der Waals surface area contributed by atoms with Gasteiger partial charge >= 0.3 is 40.8 Å². The minimum absolute atomic E-state index is 0. The molecule has 0 N–H and O–H groups in total. The molecule has 0 amide bonds. The van der Waals surface area contributed by atoms with Gasteiger partial charge in [-0.3, -0.25) is 0 Å². The topological polar surface area (TPSA) is 0 Å². The molecule has 0 fully saturated rings. The van der Waals surface area contributed by atoms with E-state index in [1.807, 2.05) is 0 Å². The van der Waals surface area contributed by atoms with E-state index in [4.69, 9.17) is 0 Å². The number of hydrogen-bond donors (Lipinski definition) is 0. The summed E-state index contributed by atoms with van der Waals surface area (Å²) in [6.45, 7) is 0. The smallest absolute Gasteiger partial charge is 1.00 e. The van der Waals surface area contributed by atoms with Crippen molar-refractivity contribution in [1.29, 1.82) is 0 Å². The summed E-state index contributed by atoms with van der Waals surface area (Å²) in [6, 6.07) is 0. The Balaban J connectivity index is -0.0000000556. The van der Waals surface area contributed by atoms with Crippen LogP contribution in [0.3, 0.4) is 0 Å². The van der Waals surface area contributed by atoms with E-state index in [9.17, 15) is 0 Å². The van der Waals surface area contributed by atoms with Crippen LogP contribution in [0.5, 0.6) is 0 Å². The standard InChI is InChI=1S/2C5H6.3ClH.Nd/c2*1-2-4-5-3-1;;;;/h2*1-4H,5H2;3*1H;/q;;;;;+3/p-3. The zero-order valence-corrected chi connectivity index (χ0v) is 13.1. The Hall–Kier alpha value is 1.18. The van der Waals surface area contributed by atoms with Gasteiger partial charge in [0.15, 0.2) is 0 Å². The van der Waals surface area contributed by atoms with Crippen molar-refractivity contribution in [3.8, 4) is 0 Å². The van der Waals surface area contributed by atoms with Gasteiger partial charge in [-0.2, -0.15) is 0 Å². The molecule has 2 aliphatic rings. The minimum atomic E-state index is 0. The van der Waals surface area contributed by atoms with Crippen molar-refractivity contribution >= 4 is 0 Å². The fraction of sp³-hybridized carbons (Fsp3) is 0.200. The molecule has 0 bridgehead atoms. The van der Waals surface area contributed by atoms with Crippen LogP contribution >= 0.6 is 0 Å². The first-order chi connectivity index (χ1) is 5.00. The molecular formula is C10H12Cl3Nd. The summed E-state index contributed by atoms with van der Waals surface area (Å²) in [5.41, 5.74) is 0. The first-order valence-electron chi connectivity index (χ1n) is 3.63. The maximum Gasteiger partial charge on any atom is 3.00 e. The Morgan fingerprint density at radius 1 is 0.500 bits per heavy atom. The minimum Gasteiger partial charge on any atom is -1.00 e. The maximum atomic E-state index is 2.12. The molecule has 0 saturated carbocycles. The number of hydrogen-bond acceptors (Lipinski definition) is 0. The maximum absolute atomic E-state index is 2.12. The zero-order chi connectivity index (χ0) is 7.07. The molecule has 0 aromatic rings. The Bertz CT molecular complexity index is 154. The molecule has 0 aliphatic heterocycles. The van der Waals surface area contributed by atoms with Crippen LogP contribution in [-0.2, 0) is 0 Å². The van der Waals surface area contributed by atoms with E-state index < -0.39 is 0 Å². The van der Waals surface area contributed by atoms with Crippen molar-refractivity contribution in [2.24, 2.45) is 0 Å². The molecule has 0 aromatic heterocycles. The number of allylic oxidation sites excluding steroid dienone is 8. The number of rotatable bonds is 0. The van der Waals surface area contributed by atoms with Gasteiger partial charge in [-0.05, 0) is 12.8 Å². The molecule has 0 heterocycles. The second kappa shape index (κ2) is 19.7. The van der Waals surface area contributed by atoms with Gasteiger partial charge in [0.2, 0.25) is 0 Å². The third-order valence-corrected chi connectivity index (χ3v) is 1.31. The summed E-state index contributed by atoms with van der Waals surface area (Å²) in [5, 5.41) is 0. The van der Waals surface area contributed by atoms with Crippen LogP contribution in [0.2, 0.25) is 0 Å². The first kappa shape index (κ1) is 24.4. The van der Waals surface area contributed by atoms with Crippen LogP contribution in [0.4, 0.5) is 0 Å². The summed E-state index contributed by atoms with van der Waals surface area (Å²) in [6.07, 6.45) is 19.0. The molecule has 1 radical (unpaired) electrons. The van der Waals surface area contributed by atoms with Crippen LogP contribution in [0.15, 0.2) is 48.6 Å². The van der Waals surface area contributed by atoms with Crippen molar-refractivity contribution in [3.63, 3.8) is 0 Å². The molecule has 0 saturated heterocycles. The van der Waals surface area contributed by atoms with Gasteiger partial charge in [0.25, 0.3) is 0 Å². The van der Waals surface area contributed by atoms with Gasteiger partial charge < -0.3 is 37.2 Å². The number of halogens is 3. The van der Waals surface area contributed by atoms with Gasteiger partial charge in [0.1, 0.15) is 0 Å². The van der Waals surface area contributed by atoms with E-state index in [-0.39, 0.29) is 78.1 Å². The third-order valence-electron chi connectivity index (χ3n) is 1.31. The summed E-state index contributed by atoms with van der Waals surface area (Å²) in [7, 11) is 0. The normalized spacial score (nSPS) is 12.6. The third kappa shape index (κ3) is 15.6. The summed E-state index contributed by atoms with van der Waals surface area (Å²) in [5.74, 6) is 0. The second-order valence-corrected chi connectivity index (χ2v) is 2.18. The van der Waals surface area contributed by atoms with Crippen LogP contribution in [0.1, 0.15) is 12.8 Å². The monoisotopic (exact) mass is 379 g/mol. The molecule has 4 heteroatoms. The van der Waals surface area contributed by atoms with Crippen molar-refractivity contribution in [1.82, 2.24) is 0 Å². The molecular weight excluding hydrogens is 371 g/mol. The van der Waals surface area contributed by atoms with Gasteiger partial charge in [-0.1, -0.05) is 48.6 Å². The fourth-order valence-electron chi connectivity index (χ4n) is 0.786. The van der Waals surface area contributed by atoms with Crippen molar-refractivity contribution < 1.29 is 78.1 Å². The SMILES string of the molecule is C1=CCC=C1.C1=CCC=C1.[Cl-].[Cl-].[Cl-].[Nd+3]. The molecule has 0 spiro atoms. The Morgan fingerprint density at radius 3 is 0.786 bits per heavy atom. The quantitative estimate of drug-likeness (QED) is 0.391. The second-order valence-electron chi connectivity index (χ2n) is 2.18. The predicted octanol–water partition coefficient (Wildman–Crippen LogP) is -5.98. The van der Waals surface area contributed by atoms with E-state index in [1.54, 1.807) is 0 Å². The average Bonchev–Trinajstić information content (AvgIpc) is 2.67. The van der Waals surface area contributed by atoms with E-state index in [1.165, 1.54) is 0 Å². The predicted molar refractivity (Wildman–Crippen MR) is 45.8 cm³/mol. The van der Waals surface area contributed by atoms with Crippen LogP contribution in [-0.4, -0.2) is 0 Å². The van der Waals surface area contributed by atoms with Gasteiger partial charge in [0.05, 0.1) is 0 Å². The fourth-order valence-corrected chi connectivity index (χ4v) is 0.786. The van der Waals surface area contributed by atoms with E-state index in [0.29, 0.717) is 0 Å². The molecule has 0 atom stereocenters. The van der Waals surface area contributed by atoms with Crippen LogP contribution in [0, 0.1) is 40.8 Å². The molecule has 0 nitrogen and oxygen atoms in total. The first-order valence-corrected chi connectivity index (χ1v) is 3.63. The van der Waals surface area contributed by atoms with E-state index in [0.717, 1.165) is 12.8 Å². The van der Waals surface area contributed by atoms with Crippen molar-refractivity contribution in [3.05, 3.63) is 48.6 Å². The molecule has 0 aromatic carbocycles. The van der Waals surface area contributed by atoms with E-state index >= 15 is 0 Å². The van der Waals surface area contributed by atoms with Gasteiger partial charge in [-0.15, -0.1) is 0 Å². The Labute approximate surface area is 138 Å². The molecule has 2 aliphatic carbocycles. The van der Waals surface area contributed by atoms with Gasteiger partial charge in [-0.25, -0.2) is 0 Å². The van der Waals surface area contributed by atoms with Crippen LogP contribution < -0.4 is 37.2 Å². The average molecular weight is 383 g/mol. The Morgan fingerprint density at radius 2 is 0.714 bits per heavy atom. The summed E-state index contributed by atoms with van der Waals surface area (Å²) in [4.78, 5) is 0. The van der Waals surface area contributed by atoms with Crippen molar-refractivity contribution in [2.45, 2.75) is 12.8 Å². The largest absolute Gasteiger partial charge is 3.00 e. The van der Waals surface area contributed by atoms with E-state index in [2.05, 4.69) is 48.6 Å². The molecule has 0 unspecified atom stereocenters.